The van der Waals surface area contributed by atoms with Crippen LogP contribution >= 0.6 is 0 Å². The second-order valence-electron chi connectivity index (χ2n) is 13.8. The highest BCUT2D eigenvalue weighted by Crippen LogP contribution is 2.53. The van der Waals surface area contributed by atoms with Crippen LogP contribution in [-0.4, -0.2) is 83.3 Å². The number of likely N-dealkylation sites (tertiary alicyclic amines) is 1. The van der Waals surface area contributed by atoms with E-state index in [2.05, 4.69) is 65.9 Å². The fraction of sp³-hybridized carbons (Fsp3) is 0.647. The molecule has 0 spiro atoms. The molecule has 9 nitrogen and oxygen atoms in total. The van der Waals surface area contributed by atoms with Crippen LogP contribution in [0.4, 0.5) is 5.95 Å². The molecule has 0 unspecified atom stereocenters. The van der Waals surface area contributed by atoms with Crippen LogP contribution in [0.2, 0.25) is 0 Å². The number of aliphatic hydroxyl groups is 1. The molecule has 5 rings (SSSR count). The summed E-state index contributed by atoms with van der Waals surface area (Å²) in [7, 11) is 2.06. The normalized spacial score (nSPS) is 20.5. The topological polar surface area (TPSA) is 126 Å². The van der Waals surface area contributed by atoms with Crippen molar-refractivity contribution in [1.82, 2.24) is 20.2 Å². The Kier molecular flexibility index (Phi) is 12.1. The van der Waals surface area contributed by atoms with Gasteiger partial charge in [0.1, 0.15) is 5.75 Å². The molecule has 2 saturated heterocycles. The first-order valence-corrected chi connectivity index (χ1v) is 15.6. The van der Waals surface area contributed by atoms with Gasteiger partial charge in [-0.25, -0.2) is 9.97 Å². The fourth-order valence-corrected chi connectivity index (χ4v) is 7.35. The van der Waals surface area contributed by atoms with Gasteiger partial charge in [-0.1, -0.05) is 27.7 Å². The molecular formula is C34H52N6O3. The number of aliphatic hydroxyl groups excluding tert-OH is 1. The lowest BCUT2D eigenvalue weighted by atomic mass is 9.52. The van der Waals surface area contributed by atoms with Gasteiger partial charge in [-0.15, -0.1) is 0 Å². The van der Waals surface area contributed by atoms with Crippen LogP contribution in [0.1, 0.15) is 86.8 Å². The lowest BCUT2D eigenvalue weighted by molar-refractivity contribution is -0.0364. The number of anilines is 1. The minimum Gasteiger partial charge on any atom is -0.508 e. The SMILES string of the molecule is CNC1C(C)(C)CC1(C)C.Cc1c(O)ccc(C#N)c1C.O=Cc1cnc(N2CCC(CN3CCC(O)CC3)CC2)nc1. The Balaban J connectivity index is 0.000000201. The van der Waals surface area contributed by atoms with Crippen molar-refractivity contribution in [2.45, 2.75) is 85.8 Å². The molecule has 43 heavy (non-hydrogen) atoms. The van der Waals surface area contributed by atoms with Gasteiger partial charge in [-0.05, 0) is 93.0 Å². The second-order valence-corrected chi connectivity index (χ2v) is 13.8. The maximum absolute atomic E-state index is 10.6. The first kappa shape index (κ1) is 34.4. The second kappa shape index (κ2) is 15.1. The van der Waals surface area contributed by atoms with Crippen molar-refractivity contribution < 1.29 is 15.0 Å². The van der Waals surface area contributed by atoms with E-state index in [0.29, 0.717) is 28.0 Å². The van der Waals surface area contributed by atoms with E-state index in [0.717, 1.165) is 87.7 Å². The Morgan fingerprint density at radius 3 is 2.05 bits per heavy atom. The highest BCUT2D eigenvalue weighted by molar-refractivity contribution is 5.73. The van der Waals surface area contributed by atoms with Crippen LogP contribution < -0.4 is 10.2 Å². The number of aldehydes is 1. The quantitative estimate of drug-likeness (QED) is 0.417. The van der Waals surface area contributed by atoms with E-state index in [4.69, 9.17) is 5.26 Å². The number of nitrogens with zero attached hydrogens (tertiary/aromatic N) is 5. The van der Waals surface area contributed by atoms with Gasteiger partial charge in [0.15, 0.2) is 6.29 Å². The largest absolute Gasteiger partial charge is 0.508 e. The van der Waals surface area contributed by atoms with E-state index in [9.17, 15) is 15.0 Å². The standard InChI is InChI=1S/C16H24N4O2.C9H9NO.C9H19N/c21-12-14-9-17-16(18-10-14)20-7-1-13(2-8-20)11-19-5-3-15(22)4-6-19;1-6-7(2)9(11)4-3-8(6)5-10;1-8(2)6-9(3,4)7(8)10-5/h9-10,12-13,15,22H,1-8,11H2;3-4,11H,1-2H3;7,10H,6H2,1-5H3. The van der Waals surface area contributed by atoms with Crippen LogP contribution in [0.15, 0.2) is 24.5 Å². The number of hydrogen-bond acceptors (Lipinski definition) is 9. The number of carbonyl (C=O) groups excluding carboxylic acids is 1. The molecule has 1 saturated carbocycles. The first-order chi connectivity index (χ1) is 20.3. The van der Waals surface area contributed by atoms with Crippen molar-refractivity contribution >= 4 is 12.2 Å². The summed E-state index contributed by atoms with van der Waals surface area (Å²) in [5.74, 6) is 1.70. The van der Waals surface area contributed by atoms with Gasteiger partial charge in [0, 0.05) is 51.2 Å². The molecule has 3 aliphatic rings. The van der Waals surface area contributed by atoms with Crippen molar-refractivity contribution in [2.24, 2.45) is 16.7 Å². The lowest BCUT2D eigenvalue weighted by Gasteiger charge is -2.57. The molecule has 2 aliphatic heterocycles. The Bertz CT molecular complexity index is 1210. The minimum absolute atomic E-state index is 0.0930. The summed E-state index contributed by atoms with van der Waals surface area (Å²) in [6, 6.07) is 5.91. The number of phenolic OH excluding ortho intramolecular Hbond substituents is 1. The number of aromatic hydroxyl groups is 1. The van der Waals surface area contributed by atoms with Crippen LogP contribution in [0.25, 0.3) is 0 Å². The zero-order chi connectivity index (χ0) is 31.8. The molecule has 236 valence electrons. The van der Waals surface area contributed by atoms with Crippen LogP contribution in [0, 0.1) is 41.9 Å². The summed E-state index contributed by atoms with van der Waals surface area (Å²) in [4.78, 5) is 23.9. The molecule has 2 aromatic rings. The van der Waals surface area contributed by atoms with Crippen molar-refractivity contribution in [2.75, 3.05) is 44.7 Å². The predicted octanol–water partition coefficient (Wildman–Crippen LogP) is 4.87. The van der Waals surface area contributed by atoms with Gasteiger partial charge < -0.3 is 25.3 Å². The van der Waals surface area contributed by atoms with E-state index in [1.807, 2.05) is 6.92 Å². The smallest absolute Gasteiger partial charge is 0.225 e. The number of nitriles is 1. The molecule has 3 heterocycles. The molecule has 0 bridgehead atoms. The molecule has 3 fully saturated rings. The van der Waals surface area contributed by atoms with E-state index in [1.54, 1.807) is 31.5 Å². The number of benzene rings is 1. The van der Waals surface area contributed by atoms with Crippen molar-refractivity contribution in [1.29, 1.82) is 5.26 Å². The number of hydrogen-bond donors (Lipinski definition) is 3. The minimum atomic E-state index is -0.0930. The molecular weight excluding hydrogens is 540 g/mol. The monoisotopic (exact) mass is 592 g/mol. The van der Waals surface area contributed by atoms with Gasteiger partial charge in [-0.3, -0.25) is 4.79 Å². The number of aromatic nitrogens is 2. The van der Waals surface area contributed by atoms with E-state index >= 15 is 0 Å². The van der Waals surface area contributed by atoms with Gasteiger partial charge >= 0.3 is 0 Å². The number of phenols is 1. The number of rotatable bonds is 5. The number of nitrogens with one attached hydrogen (secondary N) is 1. The van der Waals surface area contributed by atoms with Crippen molar-refractivity contribution in [3.63, 3.8) is 0 Å². The summed E-state index contributed by atoms with van der Waals surface area (Å²) in [6.45, 7) is 18.1. The summed E-state index contributed by atoms with van der Waals surface area (Å²) < 4.78 is 0. The van der Waals surface area contributed by atoms with Gasteiger partial charge in [0.05, 0.1) is 23.3 Å². The summed E-state index contributed by atoms with van der Waals surface area (Å²) in [6.07, 6.45) is 9.31. The van der Waals surface area contributed by atoms with E-state index in [1.165, 1.54) is 6.42 Å². The van der Waals surface area contributed by atoms with Gasteiger partial charge in [0.25, 0.3) is 0 Å². The fourth-order valence-electron chi connectivity index (χ4n) is 7.35. The average Bonchev–Trinajstić information content (AvgIpc) is 2.98. The molecule has 0 amide bonds. The van der Waals surface area contributed by atoms with E-state index in [-0.39, 0.29) is 11.9 Å². The van der Waals surface area contributed by atoms with Gasteiger partial charge in [0.2, 0.25) is 5.95 Å². The highest BCUT2D eigenvalue weighted by Gasteiger charge is 2.51. The Morgan fingerprint density at radius 2 is 1.58 bits per heavy atom. The summed E-state index contributed by atoms with van der Waals surface area (Å²) in [5.41, 5.74) is 3.80. The summed E-state index contributed by atoms with van der Waals surface area (Å²) >= 11 is 0. The third-order valence-electron chi connectivity index (χ3n) is 9.41. The molecule has 1 aliphatic carbocycles. The van der Waals surface area contributed by atoms with Crippen LogP contribution in [-0.2, 0) is 0 Å². The predicted molar refractivity (Wildman–Crippen MR) is 171 cm³/mol. The van der Waals surface area contributed by atoms with E-state index < -0.39 is 0 Å². The third-order valence-corrected chi connectivity index (χ3v) is 9.41. The first-order valence-electron chi connectivity index (χ1n) is 15.6. The Hall–Kier alpha value is -3.06. The molecule has 1 aromatic heterocycles. The summed E-state index contributed by atoms with van der Waals surface area (Å²) in [5, 5.41) is 30.8. The molecule has 3 N–H and O–H groups in total. The highest BCUT2D eigenvalue weighted by atomic mass is 16.3. The van der Waals surface area contributed by atoms with Crippen molar-refractivity contribution in [3.05, 3.63) is 46.8 Å². The number of piperidine rings is 2. The van der Waals surface area contributed by atoms with Gasteiger partial charge in [-0.2, -0.15) is 5.26 Å². The van der Waals surface area contributed by atoms with Crippen LogP contribution in [0.5, 0.6) is 5.75 Å². The third kappa shape index (κ3) is 9.21. The lowest BCUT2D eigenvalue weighted by Crippen LogP contribution is -2.61. The average molecular weight is 593 g/mol. The van der Waals surface area contributed by atoms with Crippen LogP contribution in [0.3, 0.4) is 0 Å². The maximum atomic E-state index is 10.6. The zero-order valence-corrected chi connectivity index (χ0v) is 27.2. The Labute approximate surface area is 258 Å². The Morgan fingerprint density at radius 1 is 1.00 bits per heavy atom. The molecule has 0 atom stereocenters. The zero-order valence-electron chi connectivity index (χ0n) is 27.2. The molecule has 0 radical (unpaired) electrons. The molecule has 1 aromatic carbocycles. The maximum Gasteiger partial charge on any atom is 0.225 e. The number of carbonyl (C=O) groups is 1. The van der Waals surface area contributed by atoms with Crippen molar-refractivity contribution in [3.8, 4) is 11.8 Å². The molecule has 9 heteroatoms.